The first-order chi connectivity index (χ1) is 11.6. The first-order valence-electron chi connectivity index (χ1n) is 9.02. The molecule has 1 aromatic rings. The van der Waals surface area contributed by atoms with E-state index in [1.807, 2.05) is 17.0 Å². The van der Waals surface area contributed by atoms with Crippen LogP contribution in [0.5, 0.6) is 0 Å². The van der Waals surface area contributed by atoms with E-state index in [2.05, 4.69) is 5.32 Å². The number of primary amides is 1. The molecule has 1 aliphatic carbocycles. The summed E-state index contributed by atoms with van der Waals surface area (Å²) < 4.78 is 0. The summed E-state index contributed by atoms with van der Waals surface area (Å²) in [5.74, 6) is 0.541. The van der Waals surface area contributed by atoms with Crippen LogP contribution < -0.4 is 11.1 Å². The van der Waals surface area contributed by atoms with Crippen molar-refractivity contribution in [3.8, 4) is 0 Å². The number of nitrogens with two attached hydrogens (primary N) is 1. The zero-order valence-electron chi connectivity index (χ0n) is 14.6. The monoisotopic (exact) mass is 365 g/mol. The van der Waals surface area contributed by atoms with Gasteiger partial charge in [-0.2, -0.15) is 0 Å². The number of nitrogens with zero attached hydrogens (tertiary/aromatic N) is 1. The second-order valence-corrected chi connectivity index (χ2v) is 7.05. The van der Waals surface area contributed by atoms with Gasteiger partial charge in [0.1, 0.15) is 0 Å². The van der Waals surface area contributed by atoms with Gasteiger partial charge in [0.15, 0.2) is 0 Å². The summed E-state index contributed by atoms with van der Waals surface area (Å²) in [5.41, 5.74) is 6.84. The predicted octanol–water partition coefficient (Wildman–Crippen LogP) is 2.48. The Labute approximate surface area is 155 Å². The van der Waals surface area contributed by atoms with Gasteiger partial charge in [0, 0.05) is 24.6 Å². The molecule has 2 amide bonds. The maximum absolute atomic E-state index is 12.7. The fraction of sp³-hybridized carbons (Fsp3) is 0.579. The Morgan fingerprint density at radius 3 is 2.28 bits per heavy atom. The lowest BCUT2D eigenvalue weighted by atomic mass is 9.93. The van der Waals surface area contributed by atoms with Gasteiger partial charge in [-0.25, -0.2) is 0 Å². The number of rotatable bonds is 7. The molecule has 5 nitrogen and oxygen atoms in total. The Morgan fingerprint density at radius 2 is 1.72 bits per heavy atom. The highest BCUT2D eigenvalue weighted by Crippen LogP contribution is 2.30. The van der Waals surface area contributed by atoms with Gasteiger partial charge in [0.2, 0.25) is 11.8 Å². The van der Waals surface area contributed by atoms with Crippen LogP contribution in [-0.2, 0) is 11.3 Å². The highest BCUT2D eigenvalue weighted by Gasteiger charge is 2.32. The number of piperidine rings is 1. The fourth-order valence-corrected chi connectivity index (χ4v) is 3.42. The molecule has 1 aliphatic heterocycles. The number of amides is 2. The van der Waals surface area contributed by atoms with Gasteiger partial charge >= 0.3 is 0 Å². The van der Waals surface area contributed by atoms with E-state index < -0.39 is 5.91 Å². The van der Waals surface area contributed by atoms with Crippen molar-refractivity contribution >= 4 is 24.2 Å². The number of benzene rings is 1. The number of carbonyl (C=O) groups is 2. The van der Waals surface area contributed by atoms with Crippen molar-refractivity contribution < 1.29 is 9.59 Å². The van der Waals surface area contributed by atoms with E-state index in [0.717, 1.165) is 37.9 Å². The standard InChI is InChI=1S/C19H27N3O2.ClH/c20-19(24)16-4-1-15(2-5-16)13-22(17-6-7-17)18(23)8-3-14-9-11-21-12-10-14;/h1-2,4-5,14,17,21H,3,6-13H2,(H2,20,24);1H. The Bertz CT molecular complexity index is 581. The van der Waals surface area contributed by atoms with Crippen LogP contribution in [0.2, 0.25) is 0 Å². The Morgan fingerprint density at radius 1 is 1.08 bits per heavy atom. The zero-order valence-corrected chi connectivity index (χ0v) is 15.4. The molecular formula is C19H28ClN3O2. The third-order valence-electron chi connectivity index (χ3n) is 5.12. The summed E-state index contributed by atoms with van der Waals surface area (Å²) in [6.45, 7) is 2.80. The van der Waals surface area contributed by atoms with Crippen LogP contribution in [0.1, 0.15) is 54.4 Å². The SMILES string of the molecule is Cl.NC(=O)c1ccc(CN(C(=O)CCC2CCNCC2)C2CC2)cc1. The van der Waals surface area contributed by atoms with Crippen molar-refractivity contribution in [2.45, 2.75) is 51.1 Å². The highest BCUT2D eigenvalue weighted by molar-refractivity contribution is 5.92. The average molecular weight is 366 g/mol. The molecule has 138 valence electrons. The van der Waals surface area contributed by atoms with Gasteiger partial charge in [-0.3, -0.25) is 9.59 Å². The lowest BCUT2D eigenvalue weighted by Gasteiger charge is -2.26. The van der Waals surface area contributed by atoms with E-state index in [1.165, 1.54) is 12.8 Å². The third-order valence-corrected chi connectivity index (χ3v) is 5.12. The summed E-state index contributed by atoms with van der Waals surface area (Å²) in [5, 5.41) is 3.37. The molecule has 0 radical (unpaired) electrons. The molecule has 3 rings (SSSR count). The minimum atomic E-state index is -0.418. The molecule has 1 saturated heterocycles. The van der Waals surface area contributed by atoms with Crippen LogP contribution >= 0.6 is 12.4 Å². The topological polar surface area (TPSA) is 75.4 Å². The van der Waals surface area contributed by atoms with E-state index in [4.69, 9.17) is 5.73 Å². The van der Waals surface area contributed by atoms with Crippen LogP contribution in [-0.4, -0.2) is 35.8 Å². The van der Waals surface area contributed by atoms with Crippen molar-refractivity contribution in [1.29, 1.82) is 0 Å². The number of nitrogens with one attached hydrogen (secondary N) is 1. The van der Waals surface area contributed by atoms with E-state index in [-0.39, 0.29) is 18.3 Å². The van der Waals surface area contributed by atoms with Crippen LogP contribution in [0.4, 0.5) is 0 Å². The van der Waals surface area contributed by atoms with Gasteiger partial charge < -0.3 is 16.0 Å². The van der Waals surface area contributed by atoms with E-state index in [9.17, 15) is 9.59 Å². The summed E-state index contributed by atoms with van der Waals surface area (Å²) in [7, 11) is 0. The number of hydrogen-bond donors (Lipinski definition) is 2. The molecule has 3 N–H and O–H groups in total. The summed E-state index contributed by atoms with van der Waals surface area (Å²) >= 11 is 0. The second kappa shape index (κ2) is 9.20. The van der Waals surface area contributed by atoms with Crippen LogP contribution in [0.25, 0.3) is 0 Å². The molecule has 0 aromatic heterocycles. The van der Waals surface area contributed by atoms with Crippen molar-refractivity contribution in [3.63, 3.8) is 0 Å². The van der Waals surface area contributed by atoms with Gasteiger partial charge in [0.05, 0.1) is 0 Å². The summed E-state index contributed by atoms with van der Waals surface area (Å²) in [4.78, 5) is 25.9. The quantitative estimate of drug-likeness (QED) is 0.779. The average Bonchev–Trinajstić information content (AvgIpc) is 3.44. The summed E-state index contributed by atoms with van der Waals surface area (Å²) in [6, 6.07) is 7.68. The number of carbonyl (C=O) groups excluding carboxylic acids is 2. The number of halogens is 1. The minimum absolute atomic E-state index is 0. The summed E-state index contributed by atoms with van der Waals surface area (Å²) in [6.07, 6.45) is 6.25. The second-order valence-electron chi connectivity index (χ2n) is 7.05. The first kappa shape index (κ1) is 19.7. The van der Waals surface area contributed by atoms with Gasteiger partial charge in [-0.05, 0) is 68.8 Å². The van der Waals surface area contributed by atoms with Crippen molar-refractivity contribution in [3.05, 3.63) is 35.4 Å². The van der Waals surface area contributed by atoms with E-state index in [0.29, 0.717) is 30.5 Å². The molecule has 1 aromatic carbocycles. The maximum Gasteiger partial charge on any atom is 0.248 e. The fourth-order valence-electron chi connectivity index (χ4n) is 3.42. The van der Waals surface area contributed by atoms with E-state index >= 15 is 0 Å². The molecule has 0 atom stereocenters. The molecule has 0 unspecified atom stereocenters. The Balaban J connectivity index is 0.00000225. The zero-order chi connectivity index (χ0) is 16.9. The van der Waals surface area contributed by atoms with E-state index in [1.54, 1.807) is 12.1 Å². The lowest BCUT2D eigenvalue weighted by Crippen LogP contribution is -2.33. The van der Waals surface area contributed by atoms with Crippen molar-refractivity contribution in [1.82, 2.24) is 10.2 Å². The van der Waals surface area contributed by atoms with Crippen molar-refractivity contribution in [2.75, 3.05) is 13.1 Å². The van der Waals surface area contributed by atoms with Crippen LogP contribution in [0.15, 0.2) is 24.3 Å². The lowest BCUT2D eigenvalue weighted by molar-refractivity contribution is -0.132. The number of hydrogen-bond acceptors (Lipinski definition) is 3. The third kappa shape index (κ3) is 5.72. The molecule has 2 aliphatic rings. The normalized spacial score (nSPS) is 17.6. The largest absolute Gasteiger partial charge is 0.366 e. The van der Waals surface area contributed by atoms with Gasteiger partial charge in [-0.15, -0.1) is 12.4 Å². The molecule has 1 saturated carbocycles. The molecule has 1 heterocycles. The maximum atomic E-state index is 12.7. The molecular weight excluding hydrogens is 338 g/mol. The Kier molecular flexibility index (Phi) is 7.26. The highest BCUT2D eigenvalue weighted by atomic mass is 35.5. The molecule has 25 heavy (non-hydrogen) atoms. The Hall–Kier alpha value is -1.59. The molecule has 0 spiro atoms. The minimum Gasteiger partial charge on any atom is -0.366 e. The predicted molar refractivity (Wildman–Crippen MR) is 101 cm³/mol. The first-order valence-corrected chi connectivity index (χ1v) is 9.02. The van der Waals surface area contributed by atoms with Crippen molar-refractivity contribution in [2.24, 2.45) is 11.7 Å². The van der Waals surface area contributed by atoms with Gasteiger partial charge in [0.25, 0.3) is 0 Å². The van der Waals surface area contributed by atoms with Crippen LogP contribution in [0.3, 0.4) is 0 Å². The molecule has 6 heteroatoms. The van der Waals surface area contributed by atoms with Crippen LogP contribution in [0, 0.1) is 5.92 Å². The van der Waals surface area contributed by atoms with Gasteiger partial charge in [-0.1, -0.05) is 12.1 Å². The molecule has 2 fully saturated rings. The smallest absolute Gasteiger partial charge is 0.248 e. The molecule has 0 bridgehead atoms.